The molecule has 108 valence electrons. The van der Waals surface area contributed by atoms with E-state index in [0.717, 1.165) is 31.1 Å². The zero-order valence-corrected chi connectivity index (χ0v) is 11.8. The average molecular weight is 276 g/mol. The summed E-state index contributed by atoms with van der Waals surface area (Å²) in [5.41, 5.74) is 7.38. The molecule has 2 N–H and O–H groups in total. The molecule has 1 aliphatic heterocycles. The Bertz CT molecular complexity index is 571. The maximum atomic E-state index is 6.37. The fourth-order valence-electron chi connectivity index (χ4n) is 2.66. The lowest BCUT2D eigenvalue weighted by molar-refractivity contribution is 0.180. The van der Waals surface area contributed by atoms with E-state index < -0.39 is 0 Å². The summed E-state index contributed by atoms with van der Waals surface area (Å²) in [5, 5.41) is 0. The van der Waals surface area contributed by atoms with Crippen molar-refractivity contribution in [3.8, 4) is 0 Å². The van der Waals surface area contributed by atoms with Crippen molar-refractivity contribution < 1.29 is 9.15 Å². The van der Waals surface area contributed by atoms with Crippen molar-refractivity contribution in [2.75, 3.05) is 13.2 Å². The predicted octanol–water partition coefficient (Wildman–Crippen LogP) is 1.83. The zero-order valence-electron chi connectivity index (χ0n) is 11.8. The van der Waals surface area contributed by atoms with Crippen LogP contribution in [-0.4, -0.2) is 27.7 Å². The van der Waals surface area contributed by atoms with Gasteiger partial charge in [-0.05, 0) is 20.3 Å². The first-order valence-corrected chi connectivity index (χ1v) is 6.94. The second-order valence-electron chi connectivity index (χ2n) is 5.36. The number of rotatable bonds is 4. The number of nitrogens with zero attached hydrogens (tertiary/aromatic N) is 3. The van der Waals surface area contributed by atoms with Crippen LogP contribution in [0.4, 0.5) is 0 Å². The zero-order chi connectivity index (χ0) is 14.1. The third kappa shape index (κ3) is 2.36. The van der Waals surface area contributed by atoms with Crippen LogP contribution in [0.1, 0.15) is 42.8 Å². The van der Waals surface area contributed by atoms with E-state index in [9.17, 15) is 0 Å². The Morgan fingerprint density at radius 1 is 1.45 bits per heavy atom. The maximum Gasteiger partial charge on any atom is 0.217 e. The molecule has 2 aromatic rings. The van der Waals surface area contributed by atoms with Crippen LogP contribution in [0.3, 0.4) is 0 Å². The van der Waals surface area contributed by atoms with E-state index in [2.05, 4.69) is 9.97 Å². The highest BCUT2D eigenvalue weighted by molar-refractivity contribution is 5.11. The number of nitrogens with two attached hydrogens (primary N) is 1. The van der Waals surface area contributed by atoms with Gasteiger partial charge in [0.1, 0.15) is 11.8 Å². The van der Waals surface area contributed by atoms with Crippen LogP contribution in [0.15, 0.2) is 23.1 Å². The molecule has 20 heavy (non-hydrogen) atoms. The summed E-state index contributed by atoms with van der Waals surface area (Å²) in [6.45, 7) is 5.44. The Balaban J connectivity index is 1.85. The van der Waals surface area contributed by atoms with Crippen LogP contribution < -0.4 is 5.73 Å². The van der Waals surface area contributed by atoms with Gasteiger partial charge in [0.15, 0.2) is 0 Å². The van der Waals surface area contributed by atoms with Gasteiger partial charge in [0, 0.05) is 18.7 Å². The molecule has 0 saturated carbocycles. The second kappa shape index (κ2) is 5.38. The summed E-state index contributed by atoms with van der Waals surface area (Å²) in [6, 6.07) is -0.0897. The van der Waals surface area contributed by atoms with Crippen molar-refractivity contribution in [3.05, 3.63) is 36.1 Å². The molecule has 0 aromatic carbocycles. The van der Waals surface area contributed by atoms with Crippen molar-refractivity contribution in [2.45, 2.75) is 32.4 Å². The normalized spacial score (nSPS) is 22.1. The van der Waals surface area contributed by atoms with Gasteiger partial charge in [-0.1, -0.05) is 0 Å². The van der Waals surface area contributed by atoms with Crippen molar-refractivity contribution >= 4 is 0 Å². The largest absolute Gasteiger partial charge is 0.444 e. The highest BCUT2D eigenvalue weighted by Gasteiger charge is 2.28. The highest BCUT2D eigenvalue weighted by Crippen LogP contribution is 2.29. The van der Waals surface area contributed by atoms with Crippen LogP contribution in [-0.2, 0) is 4.74 Å². The van der Waals surface area contributed by atoms with Crippen LogP contribution >= 0.6 is 0 Å². The number of aromatic nitrogens is 3. The van der Waals surface area contributed by atoms with E-state index in [1.165, 1.54) is 0 Å². The van der Waals surface area contributed by atoms with E-state index in [0.29, 0.717) is 11.8 Å². The smallest absolute Gasteiger partial charge is 0.217 e. The third-order valence-corrected chi connectivity index (χ3v) is 3.92. The van der Waals surface area contributed by atoms with Gasteiger partial charge < -0.3 is 19.5 Å². The molecule has 0 radical (unpaired) electrons. The summed E-state index contributed by atoms with van der Waals surface area (Å²) in [4.78, 5) is 8.53. The number of hydrogen-bond donors (Lipinski definition) is 1. The van der Waals surface area contributed by atoms with Crippen LogP contribution in [0.5, 0.6) is 0 Å². The summed E-state index contributed by atoms with van der Waals surface area (Å²) in [7, 11) is 0. The van der Waals surface area contributed by atoms with Crippen molar-refractivity contribution in [1.82, 2.24) is 14.5 Å². The van der Waals surface area contributed by atoms with Crippen LogP contribution in [0.25, 0.3) is 0 Å². The van der Waals surface area contributed by atoms with Crippen molar-refractivity contribution in [3.63, 3.8) is 0 Å². The van der Waals surface area contributed by atoms with E-state index in [1.807, 2.05) is 24.6 Å². The molecule has 1 saturated heterocycles. The third-order valence-electron chi connectivity index (χ3n) is 3.92. The molecule has 1 fully saturated rings. The topological polar surface area (TPSA) is 79.1 Å². The van der Waals surface area contributed by atoms with E-state index in [-0.39, 0.29) is 12.1 Å². The fraction of sp³-hybridized carbons (Fsp3) is 0.571. The standard InChI is InChI=1S/C14H20N4O2/c1-9-5-17-14(20-9)10(2)18-8-16-6-12(18)13(15)11-3-4-19-7-11/h5-6,8,10-11,13H,3-4,7,15H2,1-2H3. The minimum absolute atomic E-state index is 0.0189. The highest BCUT2D eigenvalue weighted by atomic mass is 16.5. The molecule has 3 heterocycles. The van der Waals surface area contributed by atoms with E-state index >= 15 is 0 Å². The van der Waals surface area contributed by atoms with E-state index in [4.69, 9.17) is 14.9 Å². The van der Waals surface area contributed by atoms with Gasteiger partial charge in [-0.3, -0.25) is 0 Å². The lowest BCUT2D eigenvalue weighted by Gasteiger charge is -2.21. The molecule has 6 heteroatoms. The molecule has 0 spiro atoms. The molecule has 3 atom stereocenters. The molecule has 0 aliphatic carbocycles. The molecule has 0 bridgehead atoms. The summed E-state index contributed by atoms with van der Waals surface area (Å²) < 4.78 is 13.1. The Kier molecular flexibility index (Phi) is 3.58. The summed E-state index contributed by atoms with van der Waals surface area (Å²) >= 11 is 0. The SMILES string of the molecule is Cc1cnc(C(C)n2cncc2C(N)C2CCOC2)o1. The Morgan fingerprint density at radius 3 is 2.95 bits per heavy atom. The Labute approximate surface area is 118 Å². The monoisotopic (exact) mass is 276 g/mol. The molecular weight excluding hydrogens is 256 g/mol. The number of aryl methyl sites for hydroxylation is 1. The minimum Gasteiger partial charge on any atom is -0.444 e. The van der Waals surface area contributed by atoms with Crippen LogP contribution in [0.2, 0.25) is 0 Å². The molecular formula is C14H20N4O2. The lowest BCUT2D eigenvalue weighted by Crippen LogP contribution is -2.25. The average Bonchev–Trinajstić information content (AvgIpc) is 3.18. The first kappa shape index (κ1) is 13.3. The van der Waals surface area contributed by atoms with Crippen molar-refractivity contribution in [2.24, 2.45) is 11.7 Å². The second-order valence-corrected chi connectivity index (χ2v) is 5.36. The van der Waals surface area contributed by atoms with Gasteiger partial charge >= 0.3 is 0 Å². The number of ether oxygens (including phenoxy) is 1. The van der Waals surface area contributed by atoms with Gasteiger partial charge in [0.05, 0.1) is 30.9 Å². The van der Waals surface area contributed by atoms with Crippen molar-refractivity contribution in [1.29, 1.82) is 0 Å². The molecule has 3 rings (SSSR count). The first-order chi connectivity index (χ1) is 9.66. The Morgan fingerprint density at radius 2 is 2.30 bits per heavy atom. The van der Waals surface area contributed by atoms with E-state index in [1.54, 1.807) is 12.5 Å². The number of oxazole rings is 1. The lowest BCUT2D eigenvalue weighted by atomic mass is 9.97. The van der Waals surface area contributed by atoms with Gasteiger partial charge in [-0.2, -0.15) is 0 Å². The maximum absolute atomic E-state index is 6.37. The molecule has 2 aromatic heterocycles. The molecule has 3 unspecified atom stereocenters. The molecule has 6 nitrogen and oxygen atoms in total. The minimum atomic E-state index is -0.0708. The Hall–Kier alpha value is -1.66. The van der Waals surface area contributed by atoms with Gasteiger partial charge in [-0.15, -0.1) is 0 Å². The van der Waals surface area contributed by atoms with Gasteiger partial charge in [0.2, 0.25) is 5.89 Å². The summed E-state index contributed by atoms with van der Waals surface area (Å²) in [6.07, 6.45) is 6.34. The summed E-state index contributed by atoms with van der Waals surface area (Å²) in [5.74, 6) is 1.84. The first-order valence-electron chi connectivity index (χ1n) is 6.94. The van der Waals surface area contributed by atoms with Gasteiger partial charge in [0.25, 0.3) is 0 Å². The molecule has 0 amide bonds. The van der Waals surface area contributed by atoms with Crippen LogP contribution in [0, 0.1) is 12.8 Å². The predicted molar refractivity (Wildman–Crippen MR) is 73.1 cm³/mol. The number of imidazole rings is 1. The number of hydrogen-bond acceptors (Lipinski definition) is 5. The quantitative estimate of drug-likeness (QED) is 0.921. The molecule has 1 aliphatic rings. The fourth-order valence-corrected chi connectivity index (χ4v) is 2.66. The van der Waals surface area contributed by atoms with Gasteiger partial charge in [-0.25, -0.2) is 9.97 Å².